The minimum Gasteiger partial charge on any atom is -0.352 e. The first kappa shape index (κ1) is 12.8. The van der Waals surface area contributed by atoms with E-state index in [-0.39, 0.29) is 24.9 Å². The summed E-state index contributed by atoms with van der Waals surface area (Å²) in [7, 11) is 0. The van der Waals surface area contributed by atoms with Crippen LogP contribution in [-0.2, 0) is 11.2 Å². The molecule has 2 N–H and O–H groups in total. The average Bonchev–Trinajstić information content (AvgIpc) is 2.95. The summed E-state index contributed by atoms with van der Waals surface area (Å²) in [5, 5.41) is 6.82. The van der Waals surface area contributed by atoms with Crippen molar-refractivity contribution >= 4 is 29.2 Å². The fraction of sp³-hybridized carbons (Fsp3) is 0.333. The van der Waals surface area contributed by atoms with Crippen LogP contribution in [0.15, 0.2) is 11.5 Å². The summed E-state index contributed by atoms with van der Waals surface area (Å²) >= 11 is 1.37. The number of rotatable bonds is 5. The van der Waals surface area contributed by atoms with Gasteiger partial charge in [0.25, 0.3) is 5.91 Å². The summed E-state index contributed by atoms with van der Waals surface area (Å²) in [6.45, 7) is -0.760. The molecule has 1 aromatic rings. The van der Waals surface area contributed by atoms with Gasteiger partial charge >= 0.3 is 0 Å². The lowest BCUT2D eigenvalue weighted by molar-refractivity contribution is -0.120. The number of nitrogens with one attached hydrogen (secondary N) is 2. The molecule has 18 heavy (non-hydrogen) atoms. The summed E-state index contributed by atoms with van der Waals surface area (Å²) in [5.74, 6) is -0.645. The third-order valence-electron chi connectivity index (χ3n) is 2.56. The van der Waals surface area contributed by atoms with Crippen LogP contribution in [0.25, 0.3) is 6.08 Å². The minimum atomic E-state index is -0.608. The molecule has 1 aromatic heterocycles. The van der Waals surface area contributed by atoms with Crippen molar-refractivity contribution in [1.29, 1.82) is 0 Å². The highest BCUT2D eigenvalue weighted by molar-refractivity contribution is 7.12. The lowest BCUT2D eigenvalue weighted by atomic mass is 10.2. The van der Waals surface area contributed by atoms with Gasteiger partial charge < -0.3 is 10.6 Å². The Kier molecular flexibility index (Phi) is 4.09. The second kappa shape index (κ2) is 5.77. The second-order valence-electron chi connectivity index (χ2n) is 3.83. The Bertz CT molecular complexity index is 496. The second-order valence-corrected chi connectivity index (χ2v) is 4.71. The Morgan fingerprint density at radius 1 is 1.39 bits per heavy atom. The molecule has 0 unspecified atom stereocenters. The third kappa shape index (κ3) is 2.76. The number of hydrogen-bond donors (Lipinski definition) is 2. The van der Waals surface area contributed by atoms with Crippen LogP contribution in [0.1, 0.15) is 20.8 Å². The Hall–Kier alpha value is -1.69. The number of halogens is 1. The molecule has 96 valence electrons. The van der Waals surface area contributed by atoms with E-state index < -0.39 is 6.67 Å². The van der Waals surface area contributed by atoms with Gasteiger partial charge in [-0.1, -0.05) is 12.2 Å². The zero-order valence-electron chi connectivity index (χ0n) is 9.66. The van der Waals surface area contributed by atoms with Gasteiger partial charge in [-0.2, -0.15) is 0 Å². The number of thiophene rings is 1. The maximum absolute atomic E-state index is 11.9. The Balaban J connectivity index is 1.88. The maximum Gasteiger partial charge on any atom is 0.262 e. The number of amides is 2. The molecule has 1 aliphatic carbocycles. The summed E-state index contributed by atoms with van der Waals surface area (Å²) in [4.78, 5) is 23.7. The standard InChI is InChI=1S/C12H13FN2O2S/c13-4-5-14-10(16)6-15-12(17)11-9-3-1-2-8(9)7-18-11/h1,3,7H,2,4-6H2,(H,14,16)(H,15,17). The zero-order valence-corrected chi connectivity index (χ0v) is 10.5. The first-order chi connectivity index (χ1) is 8.72. The quantitative estimate of drug-likeness (QED) is 0.841. The monoisotopic (exact) mass is 268 g/mol. The number of carbonyl (C=O) groups is 2. The average molecular weight is 268 g/mol. The van der Waals surface area contributed by atoms with Crippen LogP contribution in [0.5, 0.6) is 0 Å². The first-order valence-corrected chi connectivity index (χ1v) is 6.48. The topological polar surface area (TPSA) is 58.2 Å². The van der Waals surface area contributed by atoms with Crippen molar-refractivity contribution in [2.75, 3.05) is 19.8 Å². The summed E-state index contributed by atoms with van der Waals surface area (Å²) in [6, 6.07) is 0. The molecular formula is C12H13FN2O2S. The molecule has 0 bridgehead atoms. The van der Waals surface area contributed by atoms with Gasteiger partial charge in [-0.25, -0.2) is 4.39 Å². The molecule has 6 heteroatoms. The lowest BCUT2D eigenvalue weighted by Crippen LogP contribution is -2.37. The van der Waals surface area contributed by atoms with E-state index in [4.69, 9.17) is 0 Å². The van der Waals surface area contributed by atoms with Gasteiger partial charge in [0, 0.05) is 12.1 Å². The highest BCUT2D eigenvalue weighted by Gasteiger charge is 2.18. The van der Waals surface area contributed by atoms with Crippen molar-refractivity contribution in [2.24, 2.45) is 0 Å². The molecule has 0 aromatic carbocycles. The van der Waals surface area contributed by atoms with Crippen LogP contribution in [-0.4, -0.2) is 31.6 Å². The van der Waals surface area contributed by atoms with E-state index in [2.05, 4.69) is 10.6 Å². The fourth-order valence-corrected chi connectivity index (χ4v) is 2.70. The van der Waals surface area contributed by atoms with E-state index in [9.17, 15) is 14.0 Å². The van der Waals surface area contributed by atoms with E-state index in [1.165, 1.54) is 11.3 Å². The van der Waals surface area contributed by atoms with Crippen LogP contribution in [0.4, 0.5) is 4.39 Å². The number of allylic oxidation sites excluding steroid dienone is 1. The fourth-order valence-electron chi connectivity index (χ4n) is 1.71. The van der Waals surface area contributed by atoms with Crippen molar-refractivity contribution < 1.29 is 14.0 Å². The van der Waals surface area contributed by atoms with Crippen molar-refractivity contribution in [2.45, 2.75) is 6.42 Å². The van der Waals surface area contributed by atoms with Gasteiger partial charge in [-0.3, -0.25) is 9.59 Å². The Morgan fingerprint density at radius 3 is 3.00 bits per heavy atom. The van der Waals surface area contributed by atoms with Crippen molar-refractivity contribution in [3.8, 4) is 0 Å². The van der Waals surface area contributed by atoms with Gasteiger partial charge in [-0.05, 0) is 17.4 Å². The lowest BCUT2D eigenvalue weighted by Gasteiger charge is -2.05. The van der Waals surface area contributed by atoms with Gasteiger partial charge in [0.2, 0.25) is 5.91 Å². The zero-order chi connectivity index (χ0) is 13.0. The van der Waals surface area contributed by atoms with Gasteiger partial charge in [0.15, 0.2) is 0 Å². The van der Waals surface area contributed by atoms with E-state index in [0.717, 1.165) is 17.5 Å². The smallest absolute Gasteiger partial charge is 0.262 e. The molecule has 0 radical (unpaired) electrons. The molecule has 0 aliphatic heterocycles. The molecule has 0 spiro atoms. The first-order valence-electron chi connectivity index (χ1n) is 5.60. The highest BCUT2D eigenvalue weighted by atomic mass is 32.1. The van der Waals surface area contributed by atoms with Crippen molar-refractivity contribution in [3.63, 3.8) is 0 Å². The van der Waals surface area contributed by atoms with Gasteiger partial charge in [-0.15, -0.1) is 11.3 Å². The number of hydrogen-bond acceptors (Lipinski definition) is 3. The molecule has 0 fully saturated rings. The molecule has 0 atom stereocenters. The molecule has 0 saturated heterocycles. The van der Waals surface area contributed by atoms with Crippen LogP contribution in [0.3, 0.4) is 0 Å². The number of fused-ring (bicyclic) bond motifs is 1. The summed E-state index contributed by atoms with van der Waals surface area (Å²) in [5.41, 5.74) is 2.09. The molecule has 2 rings (SSSR count). The molecule has 1 heterocycles. The van der Waals surface area contributed by atoms with Gasteiger partial charge in [0.1, 0.15) is 6.67 Å². The summed E-state index contributed by atoms with van der Waals surface area (Å²) in [6.07, 6.45) is 4.78. The van der Waals surface area contributed by atoms with E-state index in [1.54, 1.807) is 0 Å². The molecular weight excluding hydrogens is 255 g/mol. The van der Waals surface area contributed by atoms with Crippen LogP contribution >= 0.6 is 11.3 Å². The normalized spacial score (nSPS) is 12.3. The van der Waals surface area contributed by atoms with Gasteiger partial charge in [0.05, 0.1) is 11.4 Å². The van der Waals surface area contributed by atoms with Crippen LogP contribution in [0, 0.1) is 0 Å². The third-order valence-corrected chi connectivity index (χ3v) is 3.61. The van der Waals surface area contributed by atoms with E-state index >= 15 is 0 Å². The molecule has 2 amide bonds. The molecule has 0 saturated carbocycles. The maximum atomic E-state index is 11.9. The molecule has 4 nitrogen and oxygen atoms in total. The SMILES string of the molecule is O=C(CNC(=O)c1scc2c1C=CC2)NCCF. The number of alkyl halides is 1. The van der Waals surface area contributed by atoms with Crippen molar-refractivity contribution in [1.82, 2.24) is 10.6 Å². The largest absolute Gasteiger partial charge is 0.352 e. The van der Waals surface area contributed by atoms with E-state index in [0.29, 0.717) is 4.88 Å². The predicted molar refractivity (Wildman–Crippen MR) is 68.4 cm³/mol. The van der Waals surface area contributed by atoms with Crippen LogP contribution in [0.2, 0.25) is 0 Å². The van der Waals surface area contributed by atoms with E-state index in [1.807, 2.05) is 17.5 Å². The Morgan fingerprint density at radius 2 is 2.22 bits per heavy atom. The Labute approximate surface area is 108 Å². The summed E-state index contributed by atoms with van der Waals surface area (Å²) < 4.78 is 11.8. The number of carbonyl (C=O) groups excluding carboxylic acids is 2. The molecule has 1 aliphatic rings. The van der Waals surface area contributed by atoms with Crippen LogP contribution < -0.4 is 10.6 Å². The minimum absolute atomic E-state index is 0.0220. The predicted octanol–water partition coefficient (Wildman–Crippen LogP) is 1.13. The highest BCUT2D eigenvalue weighted by Crippen LogP contribution is 2.28. The van der Waals surface area contributed by atoms with Crippen molar-refractivity contribution in [3.05, 3.63) is 27.5 Å².